The molecule has 3 nitrogen and oxygen atoms in total. The van der Waals surface area contributed by atoms with Crippen LogP contribution in [0, 0.1) is 11.3 Å². The van der Waals surface area contributed by atoms with Gasteiger partial charge in [-0.2, -0.15) is 0 Å². The molecule has 0 saturated heterocycles. The largest absolute Gasteiger partial charge is 0.356 e. The van der Waals surface area contributed by atoms with Gasteiger partial charge >= 0.3 is 0 Å². The Bertz CT molecular complexity index is 286. The van der Waals surface area contributed by atoms with Crippen LogP contribution in [-0.4, -0.2) is 18.0 Å². The van der Waals surface area contributed by atoms with Crippen LogP contribution in [-0.2, 0) is 4.79 Å². The van der Waals surface area contributed by atoms with Crippen LogP contribution in [0.5, 0.6) is 0 Å². The highest BCUT2D eigenvalue weighted by atomic mass is 16.1. The van der Waals surface area contributed by atoms with Crippen molar-refractivity contribution < 1.29 is 4.79 Å². The maximum absolute atomic E-state index is 11.9. The Morgan fingerprint density at radius 1 is 1.16 bits per heavy atom. The van der Waals surface area contributed by atoms with E-state index in [1.54, 1.807) is 0 Å². The number of carbonyl (C=O) groups excluding carboxylic acids is 1. The van der Waals surface area contributed by atoms with Gasteiger partial charge in [0.15, 0.2) is 0 Å². The summed E-state index contributed by atoms with van der Waals surface area (Å²) < 4.78 is 0. The third-order valence-corrected chi connectivity index (χ3v) is 4.45. The first kappa shape index (κ1) is 16.5. The Balaban J connectivity index is 2.31. The number of nitrogens with two attached hydrogens (primary N) is 1. The monoisotopic (exact) mass is 268 g/mol. The van der Waals surface area contributed by atoms with Crippen molar-refractivity contribution >= 4 is 5.91 Å². The van der Waals surface area contributed by atoms with Crippen molar-refractivity contribution in [2.75, 3.05) is 6.54 Å². The molecule has 1 amide bonds. The molecule has 0 radical (unpaired) electrons. The molecule has 1 rings (SSSR count). The second-order valence-electron chi connectivity index (χ2n) is 7.59. The van der Waals surface area contributed by atoms with Crippen LogP contribution in [0.2, 0.25) is 0 Å². The highest BCUT2D eigenvalue weighted by Gasteiger charge is 2.30. The maximum Gasteiger partial charge on any atom is 0.220 e. The predicted molar refractivity (Wildman–Crippen MR) is 80.9 cm³/mol. The molecule has 0 aromatic carbocycles. The predicted octanol–water partition coefficient (Wildman–Crippen LogP) is 3.23. The standard InChI is InChI=1S/C16H32N2O/c1-15(2,13-8-6-5-7-9-13)12-18-14(19)10-11-16(3,4)17/h13H,5-12,17H2,1-4H3,(H,18,19). The van der Waals surface area contributed by atoms with Crippen LogP contribution in [0.4, 0.5) is 0 Å². The zero-order valence-electron chi connectivity index (χ0n) is 13.2. The number of amides is 1. The molecule has 0 atom stereocenters. The Labute approximate surface area is 118 Å². The average molecular weight is 268 g/mol. The molecule has 1 saturated carbocycles. The quantitative estimate of drug-likeness (QED) is 0.777. The summed E-state index contributed by atoms with van der Waals surface area (Å²) in [5.41, 5.74) is 5.87. The zero-order chi connectivity index (χ0) is 14.5. The molecule has 1 fully saturated rings. The molecule has 0 aromatic heterocycles. The van der Waals surface area contributed by atoms with Crippen molar-refractivity contribution in [2.24, 2.45) is 17.1 Å². The van der Waals surface area contributed by atoms with Gasteiger partial charge in [0.1, 0.15) is 0 Å². The SMILES string of the molecule is CC(C)(N)CCC(=O)NCC(C)(C)C1CCCCC1. The van der Waals surface area contributed by atoms with Crippen molar-refractivity contribution in [3.8, 4) is 0 Å². The van der Waals surface area contributed by atoms with Gasteiger partial charge in [0.05, 0.1) is 0 Å². The minimum atomic E-state index is -0.254. The molecule has 0 bridgehead atoms. The first-order chi connectivity index (χ1) is 8.71. The van der Waals surface area contributed by atoms with E-state index in [1.165, 1.54) is 32.1 Å². The van der Waals surface area contributed by atoms with Gasteiger partial charge in [-0.05, 0) is 44.4 Å². The smallest absolute Gasteiger partial charge is 0.220 e. The fourth-order valence-corrected chi connectivity index (χ4v) is 2.88. The first-order valence-corrected chi connectivity index (χ1v) is 7.76. The van der Waals surface area contributed by atoms with Gasteiger partial charge in [0.25, 0.3) is 0 Å². The van der Waals surface area contributed by atoms with Gasteiger partial charge in [0, 0.05) is 18.5 Å². The number of hydrogen-bond acceptors (Lipinski definition) is 2. The van der Waals surface area contributed by atoms with Gasteiger partial charge in [-0.1, -0.05) is 33.1 Å². The van der Waals surface area contributed by atoms with Crippen molar-refractivity contribution in [3.63, 3.8) is 0 Å². The molecule has 3 N–H and O–H groups in total. The molecule has 0 aromatic rings. The third-order valence-electron chi connectivity index (χ3n) is 4.45. The molecule has 0 aliphatic heterocycles. The molecule has 19 heavy (non-hydrogen) atoms. The van der Waals surface area contributed by atoms with Crippen molar-refractivity contribution in [1.29, 1.82) is 0 Å². The highest BCUT2D eigenvalue weighted by Crippen LogP contribution is 2.37. The summed E-state index contributed by atoms with van der Waals surface area (Å²) in [7, 11) is 0. The molecule has 0 heterocycles. The lowest BCUT2D eigenvalue weighted by Crippen LogP contribution is -2.40. The number of carbonyl (C=O) groups is 1. The highest BCUT2D eigenvalue weighted by molar-refractivity contribution is 5.75. The van der Waals surface area contributed by atoms with Crippen LogP contribution in [0.25, 0.3) is 0 Å². The van der Waals surface area contributed by atoms with Crippen LogP contribution in [0.15, 0.2) is 0 Å². The molecule has 1 aliphatic carbocycles. The molecule has 3 heteroatoms. The van der Waals surface area contributed by atoms with E-state index in [9.17, 15) is 4.79 Å². The minimum Gasteiger partial charge on any atom is -0.356 e. The Hall–Kier alpha value is -0.570. The molecular weight excluding hydrogens is 236 g/mol. The summed E-state index contributed by atoms with van der Waals surface area (Å²) in [5.74, 6) is 0.898. The van der Waals surface area contributed by atoms with E-state index < -0.39 is 0 Å². The second-order valence-corrected chi connectivity index (χ2v) is 7.59. The fraction of sp³-hybridized carbons (Fsp3) is 0.938. The van der Waals surface area contributed by atoms with Crippen LogP contribution in [0.3, 0.4) is 0 Å². The topological polar surface area (TPSA) is 55.1 Å². The van der Waals surface area contributed by atoms with Crippen molar-refractivity contribution in [2.45, 2.75) is 78.2 Å². The third kappa shape index (κ3) is 6.42. The molecule has 112 valence electrons. The molecule has 0 spiro atoms. The maximum atomic E-state index is 11.9. The normalized spacial score (nSPS) is 18.4. The Morgan fingerprint density at radius 3 is 2.26 bits per heavy atom. The summed E-state index contributed by atoms with van der Waals surface area (Å²) >= 11 is 0. The van der Waals surface area contributed by atoms with E-state index in [2.05, 4.69) is 19.2 Å². The fourth-order valence-electron chi connectivity index (χ4n) is 2.88. The summed E-state index contributed by atoms with van der Waals surface area (Å²) in [6, 6.07) is 0. The summed E-state index contributed by atoms with van der Waals surface area (Å²) in [6.07, 6.45) is 7.99. The minimum absolute atomic E-state index is 0.141. The van der Waals surface area contributed by atoms with Gasteiger partial charge in [-0.3, -0.25) is 4.79 Å². The van der Waals surface area contributed by atoms with E-state index in [0.29, 0.717) is 6.42 Å². The second kappa shape index (κ2) is 6.74. The molecule has 0 unspecified atom stereocenters. The zero-order valence-corrected chi connectivity index (χ0v) is 13.2. The lowest BCUT2D eigenvalue weighted by atomic mass is 9.71. The van der Waals surface area contributed by atoms with Crippen molar-refractivity contribution in [1.82, 2.24) is 5.32 Å². The molecule has 1 aliphatic rings. The number of rotatable bonds is 6. The lowest BCUT2D eigenvalue weighted by Gasteiger charge is -2.37. The van der Waals surface area contributed by atoms with E-state index >= 15 is 0 Å². The van der Waals surface area contributed by atoms with E-state index in [4.69, 9.17) is 5.73 Å². The number of hydrogen-bond donors (Lipinski definition) is 2. The summed E-state index contributed by atoms with van der Waals surface area (Å²) in [5, 5.41) is 3.10. The van der Waals surface area contributed by atoms with Crippen LogP contribution in [0.1, 0.15) is 72.6 Å². The van der Waals surface area contributed by atoms with Gasteiger partial charge < -0.3 is 11.1 Å². The first-order valence-electron chi connectivity index (χ1n) is 7.76. The summed E-state index contributed by atoms with van der Waals surface area (Å²) in [4.78, 5) is 11.9. The van der Waals surface area contributed by atoms with Gasteiger partial charge in [0.2, 0.25) is 5.91 Å². The van der Waals surface area contributed by atoms with E-state index in [1.807, 2.05) is 13.8 Å². The van der Waals surface area contributed by atoms with Gasteiger partial charge in [-0.25, -0.2) is 0 Å². The van der Waals surface area contributed by atoms with E-state index in [-0.39, 0.29) is 16.9 Å². The summed E-state index contributed by atoms with van der Waals surface area (Å²) in [6.45, 7) is 9.30. The average Bonchev–Trinajstić information content (AvgIpc) is 2.34. The number of nitrogens with one attached hydrogen (secondary N) is 1. The molecular formula is C16H32N2O. The van der Waals surface area contributed by atoms with Crippen LogP contribution >= 0.6 is 0 Å². The van der Waals surface area contributed by atoms with E-state index in [0.717, 1.165) is 18.9 Å². The Kier molecular flexibility index (Phi) is 5.84. The lowest BCUT2D eigenvalue weighted by molar-refractivity contribution is -0.122. The van der Waals surface area contributed by atoms with Crippen LogP contribution < -0.4 is 11.1 Å². The Morgan fingerprint density at radius 2 is 1.74 bits per heavy atom. The van der Waals surface area contributed by atoms with Gasteiger partial charge in [-0.15, -0.1) is 0 Å². The van der Waals surface area contributed by atoms with Crippen molar-refractivity contribution in [3.05, 3.63) is 0 Å².